The van der Waals surface area contributed by atoms with Gasteiger partial charge in [-0.05, 0) is 25.0 Å². The third kappa shape index (κ3) is 3.15. The molecule has 1 heterocycles. The van der Waals surface area contributed by atoms with Crippen LogP contribution in [0.25, 0.3) is 0 Å². The lowest BCUT2D eigenvalue weighted by Gasteiger charge is -2.16. The summed E-state index contributed by atoms with van der Waals surface area (Å²) < 4.78 is 0. The first-order valence-corrected chi connectivity index (χ1v) is 8.15. The molecule has 0 fully saturated rings. The molecule has 1 N–H and O–H groups in total. The van der Waals surface area contributed by atoms with E-state index in [1.54, 1.807) is 11.8 Å². The highest BCUT2D eigenvalue weighted by molar-refractivity contribution is 8.13. The van der Waals surface area contributed by atoms with E-state index in [1.807, 2.05) is 0 Å². The topological polar surface area (TPSA) is 27.6 Å². The van der Waals surface area contributed by atoms with Gasteiger partial charge in [-0.25, -0.2) is 4.99 Å². The highest BCUT2D eigenvalue weighted by atomic mass is 32.2. The second-order valence-electron chi connectivity index (χ2n) is 5.31. The Labute approximate surface area is 130 Å². The second kappa shape index (κ2) is 6.14. The van der Waals surface area contributed by atoms with Crippen molar-refractivity contribution in [3.63, 3.8) is 0 Å². The number of nitrogens with one attached hydrogen (secondary N) is 1. The van der Waals surface area contributed by atoms with Gasteiger partial charge in [0, 0.05) is 25.5 Å². The summed E-state index contributed by atoms with van der Waals surface area (Å²) in [7, 11) is 4.14. The average Bonchev–Trinajstić information content (AvgIpc) is 2.73. The average molecular weight is 307 g/mol. The molecular formula is C15H21N3S2. The molecule has 0 aromatic heterocycles. The van der Waals surface area contributed by atoms with Gasteiger partial charge < -0.3 is 10.2 Å². The van der Waals surface area contributed by atoms with Crippen molar-refractivity contribution in [3.05, 3.63) is 29.8 Å². The number of rotatable bonds is 4. The van der Waals surface area contributed by atoms with E-state index in [2.05, 4.69) is 62.4 Å². The van der Waals surface area contributed by atoms with E-state index >= 15 is 0 Å². The van der Waals surface area contributed by atoms with E-state index in [0.29, 0.717) is 0 Å². The Morgan fingerprint density at radius 2 is 2.05 bits per heavy atom. The van der Waals surface area contributed by atoms with Crippen molar-refractivity contribution in [2.45, 2.75) is 31.6 Å². The molecule has 0 aliphatic carbocycles. The summed E-state index contributed by atoms with van der Waals surface area (Å²) in [6.45, 7) is 4.20. The van der Waals surface area contributed by atoms with Gasteiger partial charge in [0.1, 0.15) is 10.5 Å². The standard InChI is InChI=1S/C15H21N3S2/c1-5-15(2)13(19)16-14(17-15)20-10-11-8-6-7-9-12(11)18(3)4/h6-9H,5,10H2,1-4H3,(H,16,17,19). The van der Waals surface area contributed by atoms with Crippen molar-refractivity contribution in [2.75, 3.05) is 19.0 Å². The molecule has 1 aliphatic rings. The summed E-state index contributed by atoms with van der Waals surface area (Å²) in [5.41, 5.74) is 2.33. The molecular weight excluding hydrogens is 286 g/mol. The Balaban J connectivity index is 2.07. The van der Waals surface area contributed by atoms with Gasteiger partial charge in [0.25, 0.3) is 0 Å². The van der Waals surface area contributed by atoms with Crippen LogP contribution in [0.2, 0.25) is 0 Å². The first-order valence-electron chi connectivity index (χ1n) is 6.75. The predicted octanol–water partition coefficient (Wildman–Crippen LogP) is 3.44. The van der Waals surface area contributed by atoms with Crippen LogP contribution >= 0.6 is 24.0 Å². The zero-order valence-corrected chi connectivity index (χ0v) is 14.1. The number of nitrogens with zero attached hydrogens (tertiary/aromatic N) is 2. The summed E-state index contributed by atoms with van der Waals surface area (Å²) >= 11 is 7.10. The van der Waals surface area contributed by atoms with E-state index in [4.69, 9.17) is 17.2 Å². The lowest BCUT2D eigenvalue weighted by Crippen LogP contribution is -2.34. The minimum Gasteiger partial charge on any atom is -0.377 e. The van der Waals surface area contributed by atoms with Crippen LogP contribution in [-0.2, 0) is 5.75 Å². The monoisotopic (exact) mass is 307 g/mol. The van der Waals surface area contributed by atoms with Crippen LogP contribution in [-0.4, -0.2) is 29.8 Å². The summed E-state index contributed by atoms with van der Waals surface area (Å²) in [6.07, 6.45) is 0.928. The zero-order chi connectivity index (χ0) is 14.8. The molecule has 0 saturated carbocycles. The smallest absolute Gasteiger partial charge is 0.162 e. The second-order valence-corrected chi connectivity index (χ2v) is 6.68. The number of hydrogen-bond acceptors (Lipinski definition) is 4. The van der Waals surface area contributed by atoms with Crippen molar-refractivity contribution < 1.29 is 0 Å². The fourth-order valence-corrected chi connectivity index (χ4v) is 3.39. The number of amidine groups is 1. The molecule has 0 spiro atoms. The van der Waals surface area contributed by atoms with Crippen LogP contribution in [0.1, 0.15) is 25.8 Å². The van der Waals surface area contributed by atoms with Crippen molar-refractivity contribution >= 4 is 39.8 Å². The number of benzene rings is 1. The molecule has 1 aliphatic heterocycles. The Kier molecular flexibility index (Phi) is 4.70. The van der Waals surface area contributed by atoms with Crippen LogP contribution in [0.15, 0.2) is 29.3 Å². The van der Waals surface area contributed by atoms with E-state index in [1.165, 1.54) is 11.3 Å². The maximum atomic E-state index is 5.38. The Morgan fingerprint density at radius 3 is 2.65 bits per heavy atom. The van der Waals surface area contributed by atoms with Gasteiger partial charge in [-0.1, -0.05) is 49.1 Å². The predicted molar refractivity (Wildman–Crippen MR) is 93.9 cm³/mol. The van der Waals surface area contributed by atoms with Crippen LogP contribution in [0.4, 0.5) is 5.69 Å². The molecule has 0 saturated heterocycles. The van der Waals surface area contributed by atoms with Crippen LogP contribution in [0.3, 0.4) is 0 Å². The lowest BCUT2D eigenvalue weighted by atomic mass is 10.0. The number of aliphatic imine (C=N–C) groups is 1. The number of anilines is 1. The molecule has 3 nitrogen and oxygen atoms in total. The molecule has 1 atom stereocenters. The molecule has 2 rings (SSSR count). The van der Waals surface area contributed by atoms with E-state index < -0.39 is 0 Å². The quantitative estimate of drug-likeness (QED) is 0.862. The summed E-state index contributed by atoms with van der Waals surface area (Å²) in [5.74, 6) is 0.891. The third-order valence-electron chi connectivity index (χ3n) is 3.58. The Hall–Kier alpha value is -1.07. The molecule has 5 heteroatoms. The van der Waals surface area contributed by atoms with Crippen molar-refractivity contribution in [1.82, 2.24) is 5.32 Å². The van der Waals surface area contributed by atoms with Gasteiger partial charge in [-0.3, -0.25) is 0 Å². The van der Waals surface area contributed by atoms with Crippen LogP contribution in [0.5, 0.6) is 0 Å². The number of thioether (sulfide) groups is 1. The molecule has 1 unspecified atom stereocenters. The molecule has 1 aromatic rings. The van der Waals surface area contributed by atoms with Gasteiger partial charge in [0.2, 0.25) is 0 Å². The summed E-state index contributed by atoms with van der Waals surface area (Å²) in [5, 5.41) is 4.18. The van der Waals surface area contributed by atoms with Crippen molar-refractivity contribution in [2.24, 2.45) is 4.99 Å². The molecule has 0 bridgehead atoms. The van der Waals surface area contributed by atoms with Crippen LogP contribution < -0.4 is 10.2 Å². The SMILES string of the molecule is CCC1(C)N=C(SCc2ccccc2N(C)C)NC1=S. The van der Waals surface area contributed by atoms with Crippen molar-refractivity contribution in [1.29, 1.82) is 0 Å². The third-order valence-corrected chi connectivity index (χ3v) is 5.05. The van der Waals surface area contributed by atoms with E-state index in [-0.39, 0.29) is 5.54 Å². The Morgan fingerprint density at radius 1 is 1.35 bits per heavy atom. The number of hydrogen-bond donors (Lipinski definition) is 1. The highest BCUT2D eigenvalue weighted by Crippen LogP contribution is 2.28. The Bertz CT molecular complexity index is 540. The molecule has 20 heavy (non-hydrogen) atoms. The molecule has 0 radical (unpaired) electrons. The number of thiocarbonyl (C=S) groups is 1. The van der Waals surface area contributed by atoms with E-state index in [0.717, 1.165) is 22.3 Å². The minimum absolute atomic E-state index is 0.223. The van der Waals surface area contributed by atoms with E-state index in [9.17, 15) is 0 Å². The first kappa shape index (κ1) is 15.3. The minimum atomic E-state index is -0.223. The highest BCUT2D eigenvalue weighted by Gasteiger charge is 2.33. The van der Waals surface area contributed by atoms with Gasteiger partial charge in [-0.2, -0.15) is 0 Å². The van der Waals surface area contributed by atoms with Gasteiger partial charge in [0.15, 0.2) is 5.17 Å². The largest absolute Gasteiger partial charge is 0.377 e. The normalized spacial score (nSPS) is 21.6. The number of para-hydroxylation sites is 1. The van der Waals surface area contributed by atoms with Gasteiger partial charge in [0.05, 0.1) is 0 Å². The van der Waals surface area contributed by atoms with Gasteiger partial charge >= 0.3 is 0 Å². The summed E-state index contributed by atoms with van der Waals surface area (Å²) in [4.78, 5) is 7.70. The molecule has 108 valence electrons. The maximum Gasteiger partial charge on any atom is 0.162 e. The first-order chi connectivity index (χ1) is 9.46. The van der Waals surface area contributed by atoms with Gasteiger partial charge in [-0.15, -0.1) is 0 Å². The lowest BCUT2D eigenvalue weighted by molar-refractivity contribution is 0.621. The van der Waals surface area contributed by atoms with Crippen molar-refractivity contribution in [3.8, 4) is 0 Å². The van der Waals surface area contributed by atoms with Crippen LogP contribution in [0, 0.1) is 0 Å². The maximum absolute atomic E-state index is 5.38. The molecule has 1 aromatic carbocycles. The fourth-order valence-electron chi connectivity index (χ4n) is 2.06. The summed E-state index contributed by atoms with van der Waals surface area (Å²) in [6, 6.07) is 8.45. The fraction of sp³-hybridized carbons (Fsp3) is 0.467. The molecule has 0 amide bonds. The zero-order valence-electron chi connectivity index (χ0n) is 12.4.